The molecule has 4 aromatic rings. The molecule has 174 valence electrons. The first-order valence-corrected chi connectivity index (χ1v) is 10.8. The lowest BCUT2D eigenvalue weighted by Crippen LogP contribution is -2.53. The molecule has 1 N–H and O–H groups in total. The predicted molar refractivity (Wildman–Crippen MR) is 121 cm³/mol. The summed E-state index contributed by atoms with van der Waals surface area (Å²) in [5.41, 5.74) is -0.0997. The maximum atomic E-state index is 14.8. The van der Waals surface area contributed by atoms with Crippen LogP contribution in [0.5, 0.6) is 0 Å². The Kier molecular flexibility index (Phi) is 5.54. The monoisotopic (exact) mass is 462 g/mol. The van der Waals surface area contributed by atoms with E-state index in [1.807, 2.05) is 24.3 Å². The molecule has 10 nitrogen and oxygen atoms in total. The highest BCUT2D eigenvalue weighted by Gasteiger charge is 2.46. The number of hydrogen-bond acceptors (Lipinski definition) is 6. The maximum absolute atomic E-state index is 14.8. The minimum absolute atomic E-state index is 0.0640. The first kappa shape index (κ1) is 21.7. The highest BCUT2D eigenvalue weighted by atomic mass is 19.1. The van der Waals surface area contributed by atoms with E-state index in [4.69, 9.17) is 0 Å². The predicted octanol–water partition coefficient (Wildman–Crippen LogP) is 2.22. The standard InChI is InChI=1S/C23H23FN8O2/c1-17(23(34,12-29-15-25-13-27-29)20-4-2-3-5-21(20)24)30-10-11-31(22(30)33)18-6-8-19(9-7-18)32-16-26-14-28-32/h2-9,13-17,34H,10-12H2,1H3. The molecule has 1 aliphatic rings. The van der Waals surface area contributed by atoms with Gasteiger partial charge in [-0.25, -0.2) is 28.5 Å². The van der Waals surface area contributed by atoms with Gasteiger partial charge in [-0.05, 0) is 37.3 Å². The van der Waals surface area contributed by atoms with Gasteiger partial charge in [0, 0.05) is 24.3 Å². The van der Waals surface area contributed by atoms with Gasteiger partial charge in [0.25, 0.3) is 0 Å². The number of hydrogen-bond donors (Lipinski definition) is 1. The van der Waals surface area contributed by atoms with Crippen LogP contribution in [0.1, 0.15) is 12.5 Å². The summed E-state index contributed by atoms with van der Waals surface area (Å²) in [5, 5.41) is 20.0. The second kappa shape index (κ2) is 8.67. The summed E-state index contributed by atoms with van der Waals surface area (Å²) in [6, 6.07) is 12.4. The Hall–Kier alpha value is -4.12. The van der Waals surface area contributed by atoms with E-state index in [-0.39, 0.29) is 18.1 Å². The van der Waals surface area contributed by atoms with E-state index in [1.165, 1.54) is 35.8 Å². The minimum atomic E-state index is -1.73. The molecule has 11 heteroatoms. The van der Waals surface area contributed by atoms with Gasteiger partial charge >= 0.3 is 6.03 Å². The minimum Gasteiger partial charge on any atom is -0.381 e. The fourth-order valence-corrected chi connectivity index (χ4v) is 4.35. The lowest BCUT2D eigenvalue weighted by atomic mass is 9.85. The summed E-state index contributed by atoms with van der Waals surface area (Å²) in [5.74, 6) is -0.552. The van der Waals surface area contributed by atoms with E-state index >= 15 is 0 Å². The van der Waals surface area contributed by atoms with Crippen molar-refractivity contribution in [2.45, 2.75) is 25.1 Å². The van der Waals surface area contributed by atoms with Crippen LogP contribution in [0.2, 0.25) is 0 Å². The average molecular weight is 462 g/mol. The molecule has 2 aromatic heterocycles. The van der Waals surface area contributed by atoms with E-state index in [1.54, 1.807) is 39.9 Å². The van der Waals surface area contributed by atoms with Crippen LogP contribution in [0.25, 0.3) is 5.69 Å². The average Bonchev–Trinajstić information content (AvgIpc) is 3.62. The number of anilines is 1. The van der Waals surface area contributed by atoms with Gasteiger partial charge in [0.15, 0.2) is 0 Å². The van der Waals surface area contributed by atoms with Gasteiger partial charge < -0.3 is 10.0 Å². The summed E-state index contributed by atoms with van der Waals surface area (Å²) in [6.07, 6.45) is 5.84. The van der Waals surface area contributed by atoms with E-state index in [9.17, 15) is 14.3 Å². The van der Waals surface area contributed by atoms with Crippen molar-refractivity contribution in [3.05, 3.63) is 85.2 Å². The molecular formula is C23H23FN8O2. The number of amides is 2. The van der Waals surface area contributed by atoms with E-state index in [0.29, 0.717) is 18.8 Å². The molecule has 2 atom stereocenters. The lowest BCUT2D eigenvalue weighted by Gasteiger charge is -2.39. The molecule has 1 fully saturated rings. The quantitative estimate of drug-likeness (QED) is 0.452. The molecular weight excluding hydrogens is 439 g/mol. The SMILES string of the molecule is CC(N1CCN(c2ccc(-n3cncn3)cc2)C1=O)C(O)(Cn1cncn1)c1ccccc1F. The van der Waals surface area contributed by atoms with Crippen molar-refractivity contribution < 1.29 is 14.3 Å². The van der Waals surface area contributed by atoms with Gasteiger partial charge in [0.2, 0.25) is 0 Å². The Morgan fingerprint density at radius 3 is 2.38 bits per heavy atom. The zero-order valence-corrected chi connectivity index (χ0v) is 18.4. The van der Waals surface area contributed by atoms with Gasteiger partial charge in [-0.15, -0.1) is 0 Å². The number of carbonyl (C=O) groups is 1. The Morgan fingerprint density at radius 1 is 1.00 bits per heavy atom. The summed E-state index contributed by atoms with van der Waals surface area (Å²) in [6.45, 7) is 2.46. The van der Waals surface area contributed by atoms with Crippen LogP contribution in [-0.4, -0.2) is 64.7 Å². The van der Waals surface area contributed by atoms with Crippen molar-refractivity contribution in [1.82, 2.24) is 34.4 Å². The summed E-state index contributed by atoms with van der Waals surface area (Å²) in [7, 11) is 0. The Morgan fingerprint density at radius 2 is 1.71 bits per heavy atom. The van der Waals surface area contributed by atoms with Gasteiger partial charge in [0.1, 0.15) is 36.7 Å². The normalized spacial score (nSPS) is 16.6. The van der Waals surface area contributed by atoms with E-state index < -0.39 is 17.5 Å². The third-order valence-electron chi connectivity index (χ3n) is 6.25. The number of benzene rings is 2. The van der Waals surface area contributed by atoms with Crippen LogP contribution in [0, 0.1) is 5.82 Å². The van der Waals surface area contributed by atoms with Crippen molar-refractivity contribution in [3.63, 3.8) is 0 Å². The van der Waals surface area contributed by atoms with E-state index in [2.05, 4.69) is 20.2 Å². The maximum Gasteiger partial charge on any atom is 0.324 e. The molecule has 2 amide bonds. The van der Waals surface area contributed by atoms with Crippen LogP contribution in [0.4, 0.5) is 14.9 Å². The topological polar surface area (TPSA) is 105 Å². The fourth-order valence-electron chi connectivity index (χ4n) is 4.35. The molecule has 3 heterocycles. The van der Waals surface area contributed by atoms with Crippen LogP contribution >= 0.6 is 0 Å². The molecule has 1 saturated heterocycles. The van der Waals surface area contributed by atoms with Gasteiger partial charge in [-0.1, -0.05) is 18.2 Å². The second-order valence-corrected chi connectivity index (χ2v) is 8.16. The lowest BCUT2D eigenvalue weighted by molar-refractivity contribution is -0.0474. The van der Waals surface area contributed by atoms with Crippen LogP contribution in [-0.2, 0) is 12.1 Å². The zero-order chi connectivity index (χ0) is 23.7. The number of rotatable bonds is 7. The highest BCUT2D eigenvalue weighted by molar-refractivity contribution is 5.94. The first-order valence-electron chi connectivity index (χ1n) is 10.8. The summed E-state index contributed by atoms with van der Waals surface area (Å²) in [4.78, 5) is 24.5. The molecule has 1 aliphatic heterocycles. The first-order chi connectivity index (χ1) is 16.5. The van der Waals surface area contributed by atoms with Gasteiger partial charge in [0.05, 0.1) is 18.3 Å². The van der Waals surface area contributed by atoms with E-state index in [0.717, 1.165) is 5.69 Å². The number of carbonyl (C=O) groups excluding carboxylic acids is 1. The smallest absolute Gasteiger partial charge is 0.324 e. The second-order valence-electron chi connectivity index (χ2n) is 8.16. The molecule has 2 unspecified atom stereocenters. The Labute approximate surface area is 194 Å². The van der Waals surface area contributed by atoms with Crippen molar-refractivity contribution in [2.75, 3.05) is 18.0 Å². The van der Waals surface area contributed by atoms with Crippen molar-refractivity contribution in [1.29, 1.82) is 0 Å². The number of aliphatic hydroxyl groups is 1. The Bertz CT molecular complexity index is 1260. The third-order valence-corrected chi connectivity index (χ3v) is 6.25. The number of aromatic nitrogens is 6. The fraction of sp³-hybridized carbons (Fsp3) is 0.261. The molecule has 2 aromatic carbocycles. The molecule has 34 heavy (non-hydrogen) atoms. The van der Waals surface area contributed by atoms with Gasteiger partial charge in [-0.3, -0.25) is 4.90 Å². The summed E-state index contributed by atoms with van der Waals surface area (Å²) < 4.78 is 17.9. The zero-order valence-electron chi connectivity index (χ0n) is 18.4. The van der Waals surface area contributed by atoms with Gasteiger partial charge in [-0.2, -0.15) is 10.2 Å². The number of halogens is 1. The van der Waals surface area contributed by atoms with Crippen LogP contribution in [0.15, 0.2) is 73.8 Å². The largest absolute Gasteiger partial charge is 0.381 e. The molecule has 0 saturated carbocycles. The summed E-state index contributed by atoms with van der Waals surface area (Å²) >= 11 is 0. The third kappa shape index (κ3) is 3.79. The van der Waals surface area contributed by atoms with Crippen LogP contribution < -0.4 is 4.90 Å². The van der Waals surface area contributed by atoms with Crippen molar-refractivity contribution in [3.8, 4) is 5.69 Å². The molecule has 0 radical (unpaired) electrons. The van der Waals surface area contributed by atoms with Crippen molar-refractivity contribution >= 4 is 11.7 Å². The Balaban J connectivity index is 1.42. The number of nitrogens with zero attached hydrogens (tertiary/aromatic N) is 8. The molecule has 5 rings (SSSR count). The number of urea groups is 1. The molecule has 0 aliphatic carbocycles. The van der Waals surface area contributed by atoms with Crippen molar-refractivity contribution in [2.24, 2.45) is 0 Å². The molecule has 0 spiro atoms. The van der Waals surface area contributed by atoms with Crippen LogP contribution in [0.3, 0.4) is 0 Å². The molecule has 0 bridgehead atoms. The highest BCUT2D eigenvalue weighted by Crippen LogP contribution is 2.34.